The van der Waals surface area contributed by atoms with E-state index >= 15 is 0 Å². The summed E-state index contributed by atoms with van der Waals surface area (Å²) >= 11 is 0. The summed E-state index contributed by atoms with van der Waals surface area (Å²) in [6.45, 7) is 0. The normalized spacial score (nSPS) is 10.9. The second-order valence-electron chi connectivity index (χ2n) is 15.4. The molecular formula is C60H44N2. The summed E-state index contributed by atoms with van der Waals surface area (Å²) < 4.78 is 0. The monoisotopic (exact) mass is 792 g/mol. The van der Waals surface area contributed by atoms with Crippen LogP contribution in [0.25, 0.3) is 55.6 Å². The van der Waals surface area contributed by atoms with E-state index < -0.39 is 0 Å². The first kappa shape index (κ1) is 38.0. The number of nitrogens with zero attached hydrogens (tertiary/aromatic N) is 2. The smallest absolute Gasteiger partial charge is 0.0468 e. The van der Waals surface area contributed by atoms with Crippen LogP contribution in [0.1, 0.15) is 0 Å². The molecule has 0 amide bonds. The van der Waals surface area contributed by atoms with Gasteiger partial charge in [-0.05, 0) is 128 Å². The van der Waals surface area contributed by atoms with Crippen LogP contribution >= 0.6 is 0 Å². The lowest BCUT2D eigenvalue weighted by Crippen LogP contribution is -2.10. The number of rotatable bonds is 11. The molecule has 0 saturated heterocycles. The Labute approximate surface area is 364 Å². The Bertz CT molecular complexity index is 3000. The zero-order valence-electron chi connectivity index (χ0n) is 34.3. The van der Waals surface area contributed by atoms with E-state index in [1.807, 2.05) is 0 Å². The molecule has 62 heavy (non-hydrogen) atoms. The summed E-state index contributed by atoms with van der Waals surface area (Å²) in [5, 5.41) is 0. The summed E-state index contributed by atoms with van der Waals surface area (Å²) in [6, 6.07) is 95.6. The van der Waals surface area contributed by atoms with Crippen molar-refractivity contribution in [2.24, 2.45) is 0 Å². The maximum atomic E-state index is 2.35. The molecule has 0 aromatic heterocycles. The van der Waals surface area contributed by atoms with Crippen molar-refractivity contribution in [3.63, 3.8) is 0 Å². The van der Waals surface area contributed by atoms with E-state index in [1.165, 1.54) is 50.1 Å². The molecule has 0 radical (unpaired) electrons. The van der Waals surface area contributed by atoms with Crippen LogP contribution in [0, 0.1) is 0 Å². The molecule has 2 nitrogen and oxygen atoms in total. The van der Waals surface area contributed by atoms with Gasteiger partial charge in [-0.1, -0.05) is 194 Å². The predicted molar refractivity (Wildman–Crippen MR) is 263 cm³/mol. The van der Waals surface area contributed by atoms with Gasteiger partial charge in [-0.3, -0.25) is 0 Å². The Morgan fingerprint density at radius 3 is 0.887 bits per heavy atom. The second kappa shape index (κ2) is 17.6. The summed E-state index contributed by atoms with van der Waals surface area (Å²) in [5.41, 5.74) is 18.4. The Morgan fingerprint density at radius 2 is 0.435 bits per heavy atom. The van der Waals surface area contributed by atoms with Crippen LogP contribution in [0.4, 0.5) is 34.1 Å². The van der Waals surface area contributed by atoms with Crippen molar-refractivity contribution < 1.29 is 0 Å². The molecule has 2 heteroatoms. The zero-order chi connectivity index (χ0) is 41.5. The highest BCUT2D eigenvalue weighted by atomic mass is 15.1. The van der Waals surface area contributed by atoms with Crippen molar-refractivity contribution in [1.29, 1.82) is 0 Å². The highest BCUT2D eigenvalue weighted by Gasteiger charge is 2.19. The fourth-order valence-corrected chi connectivity index (χ4v) is 8.44. The molecule has 0 bridgehead atoms. The Kier molecular flexibility index (Phi) is 10.8. The lowest BCUT2D eigenvalue weighted by atomic mass is 9.89. The minimum absolute atomic E-state index is 1.09. The molecule has 0 atom stereocenters. The van der Waals surface area contributed by atoms with Gasteiger partial charge in [0.2, 0.25) is 0 Å². The third-order valence-corrected chi connectivity index (χ3v) is 11.5. The molecule has 0 aliphatic carbocycles. The molecule has 10 aromatic rings. The molecule has 0 fully saturated rings. The first-order valence-corrected chi connectivity index (χ1v) is 21.2. The summed E-state index contributed by atoms with van der Waals surface area (Å²) in [4.78, 5) is 4.67. The standard InChI is InChI=1S/C60H44N2/c1-6-18-45(19-7-1)47-30-36-53(37-31-47)61(51-24-12-4-13-25-51)54-40-34-50(35-41-54)57-28-16-17-29-58(57)59-43-42-56(44-60(59)49-22-10-3-11-23-49)62(52-26-14-5-15-27-52)55-38-32-48(33-39-55)46-20-8-2-9-21-46/h1-44H. The molecule has 10 rings (SSSR count). The van der Waals surface area contributed by atoms with Crippen molar-refractivity contribution in [1.82, 2.24) is 0 Å². The highest BCUT2D eigenvalue weighted by Crippen LogP contribution is 2.44. The van der Waals surface area contributed by atoms with Gasteiger partial charge in [0.1, 0.15) is 0 Å². The van der Waals surface area contributed by atoms with Crippen molar-refractivity contribution in [3.05, 3.63) is 267 Å². The van der Waals surface area contributed by atoms with E-state index in [1.54, 1.807) is 0 Å². The topological polar surface area (TPSA) is 6.48 Å². The highest BCUT2D eigenvalue weighted by molar-refractivity contribution is 5.94. The Hall–Kier alpha value is -8.20. The lowest BCUT2D eigenvalue weighted by molar-refractivity contribution is 1.28. The minimum Gasteiger partial charge on any atom is -0.311 e. The number of hydrogen-bond acceptors (Lipinski definition) is 2. The van der Waals surface area contributed by atoms with E-state index in [4.69, 9.17) is 0 Å². The van der Waals surface area contributed by atoms with E-state index in [-0.39, 0.29) is 0 Å². The van der Waals surface area contributed by atoms with E-state index in [9.17, 15) is 0 Å². The third-order valence-electron chi connectivity index (χ3n) is 11.5. The van der Waals surface area contributed by atoms with Gasteiger partial charge in [-0.15, -0.1) is 0 Å². The van der Waals surface area contributed by atoms with E-state index in [0.29, 0.717) is 0 Å². The van der Waals surface area contributed by atoms with Crippen molar-refractivity contribution in [2.45, 2.75) is 0 Å². The maximum absolute atomic E-state index is 2.35. The van der Waals surface area contributed by atoms with Crippen LogP contribution in [0.2, 0.25) is 0 Å². The van der Waals surface area contributed by atoms with Gasteiger partial charge in [0, 0.05) is 34.1 Å². The fraction of sp³-hybridized carbons (Fsp3) is 0. The van der Waals surface area contributed by atoms with Crippen molar-refractivity contribution in [3.8, 4) is 55.6 Å². The lowest BCUT2D eigenvalue weighted by Gasteiger charge is -2.27. The first-order valence-electron chi connectivity index (χ1n) is 21.2. The molecule has 0 N–H and O–H groups in total. The second-order valence-corrected chi connectivity index (χ2v) is 15.4. The zero-order valence-corrected chi connectivity index (χ0v) is 34.3. The van der Waals surface area contributed by atoms with Crippen LogP contribution in [-0.4, -0.2) is 0 Å². The molecule has 0 unspecified atom stereocenters. The Balaban J connectivity index is 1.04. The van der Waals surface area contributed by atoms with Gasteiger partial charge >= 0.3 is 0 Å². The SMILES string of the molecule is c1ccc(-c2ccc(N(c3ccccc3)c3ccc(-c4ccccc4-c4ccc(N(c5ccccc5)c5ccc(-c6ccccc6)cc5)cc4-c4ccccc4)cc3)cc2)cc1. The first-order chi connectivity index (χ1) is 30.8. The summed E-state index contributed by atoms with van der Waals surface area (Å²) in [6.07, 6.45) is 0. The minimum atomic E-state index is 1.09. The van der Waals surface area contributed by atoms with Gasteiger partial charge in [-0.2, -0.15) is 0 Å². The van der Waals surface area contributed by atoms with Crippen LogP contribution in [-0.2, 0) is 0 Å². The predicted octanol–water partition coefficient (Wildman–Crippen LogP) is 17.0. The molecule has 10 aromatic carbocycles. The largest absolute Gasteiger partial charge is 0.311 e. The number of para-hydroxylation sites is 2. The van der Waals surface area contributed by atoms with Gasteiger partial charge in [0.25, 0.3) is 0 Å². The Morgan fingerprint density at radius 1 is 0.161 bits per heavy atom. The van der Waals surface area contributed by atoms with E-state index in [0.717, 1.165) is 39.7 Å². The van der Waals surface area contributed by atoms with E-state index in [2.05, 4.69) is 277 Å². The molecule has 0 aliphatic heterocycles. The van der Waals surface area contributed by atoms with Crippen LogP contribution in [0.3, 0.4) is 0 Å². The average molecular weight is 793 g/mol. The van der Waals surface area contributed by atoms with Gasteiger partial charge < -0.3 is 9.80 Å². The van der Waals surface area contributed by atoms with Crippen LogP contribution in [0.5, 0.6) is 0 Å². The van der Waals surface area contributed by atoms with Crippen molar-refractivity contribution >= 4 is 34.1 Å². The summed E-state index contributed by atoms with van der Waals surface area (Å²) in [5.74, 6) is 0. The average Bonchev–Trinajstić information content (AvgIpc) is 3.36. The third kappa shape index (κ3) is 7.93. The van der Waals surface area contributed by atoms with Crippen LogP contribution < -0.4 is 9.80 Å². The molecule has 0 spiro atoms. The number of anilines is 6. The van der Waals surface area contributed by atoms with Crippen molar-refractivity contribution in [2.75, 3.05) is 9.80 Å². The molecular weight excluding hydrogens is 749 g/mol. The van der Waals surface area contributed by atoms with Gasteiger partial charge in [-0.25, -0.2) is 0 Å². The number of hydrogen-bond donors (Lipinski definition) is 0. The molecule has 0 saturated carbocycles. The van der Waals surface area contributed by atoms with Gasteiger partial charge in [0.05, 0.1) is 0 Å². The van der Waals surface area contributed by atoms with Gasteiger partial charge in [0.15, 0.2) is 0 Å². The van der Waals surface area contributed by atoms with Crippen LogP contribution in [0.15, 0.2) is 267 Å². The molecule has 294 valence electrons. The summed E-state index contributed by atoms with van der Waals surface area (Å²) in [7, 11) is 0. The fourth-order valence-electron chi connectivity index (χ4n) is 8.44. The molecule has 0 aliphatic rings. The maximum Gasteiger partial charge on any atom is 0.0468 e. The molecule has 0 heterocycles. The number of benzene rings is 10. The quantitative estimate of drug-likeness (QED) is 0.129.